The Bertz CT molecular complexity index is 387. The van der Waals surface area contributed by atoms with Crippen molar-refractivity contribution in [1.82, 2.24) is 9.55 Å². The van der Waals surface area contributed by atoms with Gasteiger partial charge in [0.2, 0.25) is 0 Å². The number of carbonyl (C=O) groups excluding carboxylic acids is 1. The number of imidazole rings is 1. The van der Waals surface area contributed by atoms with Crippen LogP contribution in [0, 0.1) is 0 Å². The molecule has 0 saturated heterocycles. The molecule has 0 fully saturated rings. The lowest BCUT2D eigenvalue weighted by molar-refractivity contribution is -0.142. The van der Waals surface area contributed by atoms with Crippen LogP contribution in [-0.4, -0.2) is 28.2 Å². The van der Waals surface area contributed by atoms with Crippen molar-refractivity contribution in [1.29, 1.82) is 0 Å². The van der Waals surface area contributed by atoms with Crippen molar-refractivity contribution in [2.24, 2.45) is 5.73 Å². The van der Waals surface area contributed by atoms with E-state index in [-0.39, 0.29) is 18.4 Å². The molecule has 0 aromatic carbocycles. The van der Waals surface area contributed by atoms with Gasteiger partial charge < -0.3 is 15.0 Å². The Labute approximate surface area is 94.6 Å². The van der Waals surface area contributed by atoms with Crippen LogP contribution >= 0.6 is 0 Å². The summed E-state index contributed by atoms with van der Waals surface area (Å²) < 4.78 is 6.93. The van der Waals surface area contributed by atoms with Gasteiger partial charge in [-0.05, 0) is 13.3 Å². The fourth-order valence-electron chi connectivity index (χ4n) is 1.97. The zero-order chi connectivity index (χ0) is 11.5. The van der Waals surface area contributed by atoms with E-state index in [0.29, 0.717) is 6.61 Å². The summed E-state index contributed by atoms with van der Waals surface area (Å²) in [6.07, 6.45) is 4.02. The van der Waals surface area contributed by atoms with E-state index in [2.05, 4.69) is 4.98 Å². The molecule has 1 unspecified atom stereocenters. The lowest BCUT2D eigenvalue weighted by Crippen LogP contribution is -2.31. The van der Waals surface area contributed by atoms with E-state index in [1.54, 1.807) is 6.92 Å². The summed E-state index contributed by atoms with van der Waals surface area (Å²) in [6, 6.07) is 0.206. The highest BCUT2D eigenvalue weighted by Gasteiger charge is 2.18. The average Bonchev–Trinajstić information content (AvgIpc) is 2.59. The number of rotatable bonds is 3. The van der Waals surface area contributed by atoms with Gasteiger partial charge >= 0.3 is 5.97 Å². The fourth-order valence-corrected chi connectivity index (χ4v) is 1.97. The molecule has 0 amide bonds. The maximum absolute atomic E-state index is 11.3. The highest BCUT2D eigenvalue weighted by molar-refractivity contribution is 5.71. The third-order valence-corrected chi connectivity index (χ3v) is 2.71. The van der Waals surface area contributed by atoms with Crippen LogP contribution in [0.1, 0.15) is 24.9 Å². The van der Waals surface area contributed by atoms with Crippen molar-refractivity contribution in [3.8, 4) is 0 Å². The molecular formula is C11H17N3O2. The largest absolute Gasteiger partial charge is 0.466 e. The maximum Gasteiger partial charge on any atom is 0.311 e. The zero-order valence-electron chi connectivity index (χ0n) is 9.48. The first-order valence-corrected chi connectivity index (χ1v) is 5.65. The van der Waals surface area contributed by atoms with Crippen molar-refractivity contribution < 1.29 is 9.53 Å². The zero-order valence-corrected chi connectivity index (χ0v) is 9.48. The molecule has 1 aliphatic heterocycles. The Morgan fingerprint density at radius 2 is 2.56 bits per heavy atom. The molecule has 0 saturated carbocycles. The minimum Gasteiger partial charge on any atom is -0.466 e. The van der Waals surface area contributed by atoms with Crippen molar-refractivity contribution in [2.45, 2.75) is 38.8 Å². The molecule has 0 bridgehead atoms. The summed E-state index contributed by atoms with van der Waals surface area (Å²) in [5.41, 5.74) is 6.65. The van der Waals surface area contributed by atoms with Gasteiger partial charge in [0.15, 0.2) is 0 Å². The Morgan fingerprint density at radius 3 is 3.31 bits per heavy atom. The second-order valence-corrected chi connectivity index (χ2v) is 4.08. The lowest BCUT2D eigenvalue weighted by atomic mass is 10.1. The third kappa shape index (κ3) is 2.41. The van der Waals surface area contributed by atoms with Crippen molar-refractivity contribution in [2.75, 3.05) is 6.61 Å². The van der Waals surface area contributed by atoms with Gasteiger partial charge in [0.05, 0.1) is 18.7 Å². The number of hydrogen-bond donors (Lipinski definition) is 1. The van der Waals surface area contributed by atoms with Crippen molar-refractivity contribution >= 4 is 5.97 Å². The average molecular weight is 223 g/mol. The molecule has 1 atom stereocenters. The molecule has 1 aliphatic rings. The van der Waals surface area contributed by atoms with Crippen LogP contribution in [0.3, 0.4) is 0 Å². The van der Waals surface area contributed by atoms with Crippen LogP contribution in [0.5, 0.6) is 0 Å². The monoisotopic (exact) mass is 223 g/mol. The van der Waals surface area contributed by atoms with Gasteiger partial charge in [-0.25, -0.2) is 4.98 Å². The van der Waals surface area contributed by atoms with Crippen LogP contribution in [0.25, 0.3) is 0 Å². The number of nitrogens with zero attached hydrogens (tertiary/aromatic N) is 2. The Hall–Kier alpha value is -1.36. The lowest BCUT2D eigenvalue weighted by Gasteiger charge is -2.19. The Balaban J connectivity index is 2.04. The van der Waals surface area contributed by atoms with Gasteiger partial charge in [-0.2, -0.15) is 0 Å². The second kappa shape index (κ2) is 4.65. The van der Waals surface area contributed by atoms with Crippen LogP contribution < -0.4 is 5.73 Å². The molecule has 16 heavy (non-hydrogen) atoms. The number of nitrogens with two attached hydrogens (primary N) is 1. The molecule has 1 aromatic rings. The van der Waals surface area contributed by atoms with Crippen LogP contribution in [0.4, 0.5) is 0 Å². The van der Waals surface area contributed by atoms with Crippen LogP contribution in [-0.2, 0) is 28.9 Å². The Kier molecular flexibility index (Phi) is 3.24. The van der Waals surface area contributed by atoms with Gasteiger partial charge in [0.25, 0.3) is 0 Å². The second-order valence-electron chi connectivity index (χ2n) is 4.08. The molecule has 88 valence electrons. The molecule has 0 radical (unpaired) electrons. The van der Waals surface area contributed by atoms with E-state index >= 15 is 0 Å². The summed E-state index contributed by atoms with van der Waals surface area (Å²) >= 11 is 0. The quantitative estimate of drug-likeness (QED) is 0.746. The first-order chi connectivity index (χ1) is 7.69. The Morgan fingerprint density at radius 1 is 1.75 bits per heavy atom. The van der Waals surface area contributed by atoms with Gasteiger partial charge in [-0.15, -0.1) is 0 Å². The van der Waals surface area contributed by atoms with Gasteiger partial charge in [0.1, 0.15) is 5.82 Å². The summed E-state index contributed by atoms with van der Waals surface area (Å²) in [7, 11) is 0. The topological polar surface area (TPSA) is 70.1 Å². The van der Waals surface area contributed by atoms with E-state index in [1.165, 1.54) is 0 Å². The number of hydrogen-bond acceptors (Lipinski definition) is 4. The fraction of sp³-hybridized carbons (Fsp3) is 0.636. The standard InChI is InChI=1S/C11H17N3O2/c1-2-16-11(15)5-9-7-14-6-8(12)3-4-10(14)13-9/h7-8H,2-6,12H2,1H3. The molecule has 5 nitrogen and oxygen atoms in total. The first kappa shape index (κ1) is 11.1. The normalized spacial score (nSPS) is 19.2. The molecule has 2 rings (SSSR count). The minimum atomic E-state index is -0.220. The van der Waals surface area contributed by atoms with E-state index in [0.717, 1.165) is 30.9 Å². The summed E-state index contributed by atoms with van der Waals surface area (Å²) in [4.78, 5) is 15.7. The molecule has 0 aliphatic carbocycles. The maximum atomic E-state index is 11.3. The smallest absolute Gasteiger partial charge is 0.311 e. The van der Waals surface area contributed by atoms with E-state index in [1.807, 2.05) is 10.8 Å². The number of carbonyl (C=O) groups is 1. The predicted octanol–water partition coefficient (Wildman–Crippen LogP) is 0.262. The predicted molar refractivity (Wildman–Crippen MR) is 58.9 cm³/mol. The van der Waals surface area contributed by atoms with Crippen molar-refractivity contribution in [3.05, 3.63) is 17.7 Å². The van der Waals surface area contributed by atoms with Crippen molar-refractivity contribution in [3.63, 3.8) is 0 Å². The van der Waals surface area contributed by atoms with E-state index < -0.39 is 0 Å². The van der Waals surface area contributed by atoms with E-state index in [4.69, 9.17) is 10.5 Å². The highest BCUT2D eigenvalue weighted by atomic mass is 16.5. The molecular weight excluding hydrogens is 206 g/mol. The number of fused-ring (bicyclic) bond motifs is 1. The third-order valence-electron chi connectivity index (χ3n) is 2.71. The first-order valence-electron chi connectivity index (χ1n) is 5.65. The van der Waals surface area contributed by atoms with Gasteiger partial charge in [-0.1, -0.05) is 0 Å². The van der Waals surface area contributed by atoms with E-state index in [9.17, 15) is 4.79 Å². The van der Waals surface area contributed by atoms with Crippen LogP contribution in [0.15, 0.2) is 6.20 Å². The van der Waals surface area contributed by atoms with Crippen LogP contribution in [0.2, 0.25) is 0 Å². The molecule has 5 heteroatoms. The minimum absolute atomic E-state index is 0.206. The summed E-state index contributed by atoms with van der Waals surface area (Å²) in [5.74, 6) is 0.809. The highest BCUT2D eigenvalue weighted by Crippen LogP contribution is 2.14. The number of esters is 1. The van der Waals surface area contributed by atoms with Gasteiger partial charge in [-0.3, -0.25) is 4.79 Å². The SMILES string of the molecule is CCOC(=O)Cc1cn2c(n1)CCC(N)C2. The summed E-state index contributed by atoms with van der Waals surface area (Å²) in [6.45, 7) is 3.01. The molecule has 2 heterocycles. The molecule has 1 aromatic heterocycles. The number of ether oxygens (including phenoxy) is 1. The molecule has 2 N–H and O–H groups in total. The van der Waals surface area contributed by atoms with Gasteiger partial charge in [0, 0.05) is 25.2 Å². The number of aromatic nitrogens is 2. The summed E-state index contributed by atoms with van der Waals surface area (Å²) in [5, 5.41) is 0. The number of aryl methyl sites for hydroxylation is 1. The molecule has 0 spiro atoms.